The van der Waals surface area contributed by atoms with Gasteiger partial charge in [-0.15, -0.1) is 0 Å². The normalized spacial score (nSPS) is 11.9. The van der Waals surface area contributed by atoms with Gasteiger partial charge in [-0.25, -0.2) is 9.31 Å². The van der Waals surface area contributed by atoms with E-state index in [2.05, 4.69) is 9.84 Å². The van der Waals surface area contributed by atoms with Gasteiger partial charge < -0.3 is 9.47 Å². The number of carbonyl (C=O) groups excluding carboxylic acids is 1. The van der Waals surface area contributed by atoms with E-state index >= 15 is 0 Å². The number of allylic oxidation sites excluding steroid dienone is 1. The molecule has 0 amide bonds. The fourth-order valence-corrected chi connectivity index (χ4v) is 2.51. The van der Waals surface area contributed by atoms with Crippen LogP contribution in [0.2, 0.25) is 0 Å². The Bertz CT molecular complexity index is 979. The minimum absolute atomic E-state index is 0.0657. The minimum atomic E-state index is -4.50. The van der Waals surface area contributed by atoms with E-state index in [9.17, 15) is 18.0 Å². The highest BCUT2D eigenvalue weighted by Crippen LogP contribution is 2.27. The van der Waals surface area contributed by atoms with Crippen LogP contribution in [0.1, 0.15) is 21.6 Å². The molecule has 5 nitrogen and oxygen atoms in total. The van der Waals surface area contributed by atoms with Gasteiger partial charge in [0.2, 0.25) is 0 Å². The molecule has 0 saturated heterocycles. The zero-order valence-corrected chi connectivity index (χ0v) is 14.2. The van der Waals surface area contributed by atoms with Gasteiger partial charge in [-0.3, -0.25) is 0 Å². The van der Waals surface area contributed by atoms with Gasteiger partial charge in [-0.05, 0) is 23.8 Å². The molecular weight excluding hydrogens is 361 g/mol. The van der Waals surface area contributed by atoms with Gasteiger partial charge in [0.15, 0.2) is 0 Å². The van der Waals surface area contributed by atoms with Crippen molar-refractivity contribution in [1.29, 1.82) is 0 Å². The molecule has 1 aromatic carbocycles. The molecule has 0 aliphatic carbocycles. The lowest BCUT2D eigenvalue weighted by molar-refractivity contribution is -0.0790. The summed E-state index contributed by atoms with van der Waals surface area (Å²) in [5.41, 5.74) is 1.39. The number of carbonyl (C=O) groups is 1. The monoisotopic (exact) mass is 376 g/mol. The van der Waals surface area contributed by atoms with Gasteiger partial charge in [0.25, 0.3) is 0 Å². The number of aromatic nitrogens is 2. The molecule has 0 bridgehead atoms. The Balaban J connectivity index is 2.03. The van der Waals surface area contributed by atoms with Crippen LogP contribution in [0.5, 0.6) is 5.75 Å². The molecule has 0 fully saturated rings. The molecule has 140 valence electrons. The van der Waals surface area contributed by atoms with E-state index in [0.717, 1.165) is 11.6 Å². The number of methoxy groups -OCH3 is 1. The Morgan fingerprint density at radius 3 is 2.59 bits per heavy atom. The van der Waals surface area contributed by atoms with Crippen molar-refractivity contribution in [2.75, 3.05) is 7.11 Å². The first-order chi connectivity index (χ1) is 12.9. The third-order valence-electron chi connectivity index (χ3n) is 3.75. The number of rotatable bonds is 5. The summed E-state index contributed by atoms with van der Waals surface area (Å²) in [5.74, 6) is -0.430. The average Bonchev–Trinajstić information content (AvgIpc) is 3.08. The molecule has 0 aliphatic rings. The van der Waals surface area contributed by atoms with Crippen LogP contribution in [0.15, 0.2) is 54.7 Å². The largest absolute Gasteiger partial charge is 0.487 e. The van der Waals surface area contributed by atoms with E-state index < -0.39 is 12.1 Å². The van der Waals surface area contributed by atoms with Gasteiger partial charge in [0, 0.05) is 6.08 Å². The van der Waals surface area contributed by atoms with Gasteiger partial charge in [-0.1, -0.05) is 30.3 Å². The lowest BCUT2D eigenvalue weighted by Crippen LogP contribution is -2.05. The SMILES string of the molecule is COC(=O)c1cnn2c(/C=C/C(F)(F)F)c(OCc3ccccc3)ccc12. The number of alkyl halides is 3. The number of hydrogen-bond acceptors (Lipinski definition) is 4. The van der Waals surface area contributed by atoms with Crippen molar-refractivity contribution in [3.63, 3.8) is 0 Å². The zero-order valence-electron chi connectivity index (χ0n) is 14.2. The topological polar surface area (TPSA) is 52.8 Å². The predicted octanol–water partition coefficient (Wildman–Crippen LogP) is 4.28. The highest BCUT2D eigenvalue weighted by atomic mass is 19.4. The average molecular weight is 376 g/mol. The van der Waals surface area contributed by atoms with E-state index in [1.54, 1.807) is 6.07 Å². The van der Waals surface area contributed by atoms with Crippen LogP contribution in [0.4, 0.5) is 13.2 Å². The molecule has 3 rings (SSSR count). The highest BCUT2D eigenvalue weighted by molar-refractivity contribution is 5.97. The number of esters is 1. The molecule has 0 unspecified atom stereocenters. The van der Waals surface area contributed by atoms with Crippen molar-refractivity contribution in [3.8, 4) is 5.75 Å². The van der Waals surface area contributed by atoms with Crippen LogP contribution >= 0.6 is 0 Å². The van der Waals surface area contributed by atoms with Gasteiger partial charge in [0.1, 0.15) is 23.6 Å². The summed E-state index contributed by atoms with van der Waals surface area (Å²) in [7, 11) is 1.22. The molecule has 0 saturated carbocycles. The summed E-state index contributed by atoms with van der Waals surface area (Å²) in [6.45, 7) is 0.171. The third-order valence-corrected chi connectivity index (χ3v) is 3.75. The smallest absolute Gasteiger partial charge is 0.409 e. The molecule has 0 atom stereocenters. The second-order valence-electron chi connectivity index (χ2n) is 5.58. The van der Waals surface area contributed by atoms with E-state index in [-0.39, 0.29) is 29.7 Å². The lowest BCUT2D eigenvalue weighted by atomic mass is 10.2. The molecule has 3 aromatic rings. The lowest BCUT2D eigenvalue weighted by Gasteiger charge is -2.11. The second-order valence-corrected chi connectivity index (χ2v) is 5.58. The first-order valence-electron chi connectivity index (χ1n) is 7.91. The Hall–Kier alpha value is -3.29. The highest BCUT2D eigenvalue weighted by Gasteiger charge is 2.23. The van der Waals surface area contributed by atoms with Crippen molar-refractivity contribution in [1.82, 2.24) is 9.61 Å². The predicted molar refractivity (Wildman–Crippen MR) is 92.4 cm³/mol. The van der Waals surface area contributed by atoms with Gasteiger partial charge in [0.05, 0.1) is 18.8 Å². The quantitative estimate of drug-likeness (QED) is 0.624. The Morgan fingerprint density at radius 2 is 1.93 bits per heavy atom. The number of ether oxygens (including phenoxy) is 2. The van der Waals surface area contributed by atoms with E-state index in [1.807, 2.05) is 30.3 Å². The first-order valence-corrected chi connectivity index (χ1v) is 7.91. The van der Waals surface area contributed by atoms with Crippen molar-refractivity contribution in [2.24, 2.45) is 0 Å². The molecule has 0 radical (unpaired) electrons. The Kier molecular flexibility index (Phi) is 5.16. The van der Waals surface area contributed by atoms with Crippen LogP contribution in [-0.2, 0) is 11.3 Å². The van der Waals surface area contributed by atoms with Crippen LogP contribution in [0, 0.1) is 0 Å². The summed E-state index contributed by atoms with van der Waals surface area (Å²) in [6.07, 6.45) is -2.30. The number of fused-ring (bicyclic) bond motifs is 1. The Labute approximate surface area is 152 Å². The summed E-state index contributed by atoms with van der Waals surface area (Å²) >= 11 is 0. The number of benzene rings is 1. The van der Waals surface area contributed by atoms with Crippen molar-refractivity contribution < 1.29 is 27.4 Å². The fourth-order valence-electron chi connectivity index (χ4n) is 2.51. The number of nitrogens with zero attached hydrogens (tertiary/aromatic N) is 2. The molecule has 2 aromatic heterocycles. The van der Waals surface area contributed by atoms with E-state index in [1.165, 1.54) is 23.9 Å². The third kappa shape index (κ3) is 4.28. The van der Waals surface area contributed by atoms with Gasteiger partial charge in [-0.2, -0.15) is 18.3 Å². The zero-order chi connectivity index (χ0) is 19.4. The molecular formula is C19H15F3N2O3. The summed E-state index contributed by atoms with van der Waals surface area (Å²) in [5, 5.41) is 4.02. The van der Waals surface area contributed by atoms with E-state index in [4.69, 9.17) is 4.74 Å². The molecule has 8 heteroatoms. The van der Waals surface area contributed by atoms with Crippen LogP contribution in [0.25, 0.3) is 11.6 Å². The number of hydrogen-bond donors (Lipinski definition) is 0. The van der Waals surface area contributed by atoms with Gasteiger partial charge >= 0.3 is 12.1 Å². The number of pyridine rings is 1. The molecule has 0 spiro atoms. The van der Waals surface area contributed by atoms with Crippen LogP contribution in [-0.4, -0.2) is 28.9 Å². The standard InChI is InChI=1S/C19H15F3N2O3/c1-26-18(25)14-11-23-24-15(14)7-8-17(16(24)9-10-19(20,21)22)27-12-13-5-3-2-4-6-13/h2-11H,12H2,1H3/b10-9+. The maximum Gasteiger partial charge on any atom is 0.409 e. The van der Waals surface area contributed by atoms with Crippen LogP contribution < -0.4 is 4.74 Å². The number of halogens is 3. The van der Waals surface area contributed by atoms with E-state index in [0.29, 0.717) is 5.52 Å². The molecule has 0 N–H and O–H groups in total. The summed E-state index contributed by atoms with van der Waals surface area (Å²) < 4.78 is 49.6. The summed E-state index contributed by atoms with van der Waals surface area (Å²) in [6, 6.07) is 12.3. The van der Waals surface area contributed by atoms with Crippen molar-refractivity contribution in [3.05, 3.63) is 71.6 Å². The second kappa shape index (κ2) is 7.53. The van der Waals surface area contributed by atoms with Crippen molar-refractivity contribution in [2.45, 2.75) is 12.8 Å². The maximum absolute atomic E-state index is 12.7. The molecule has 27 heavy (non-hydrogen) atoms. The first kappa shape index (κ1) is 18.5. The maximum atomic E-state index is 12.7. The van der Waals surface area contributed by atoms with Crippen molar-refractivity contribution >= 4 is 17.6 Å². The Morgan fingerprint density at radius 1 is 1.19 bits per heavy atom. The molecule has 2 heterocycles. The van der Waals surface area contributed by atoms with Crippen LogP contribution in [0.3, 0.4) is 0 Å². The molecule has 0 aliphatic heterocycles. The summed E-state index contributed by atoms with van der Waals surface area (Å²) in [4.78, 5) is 11.8. The fraction of sp³-hybridized carbons (Fsp3) is 0.158. The minimum Gasteiger partial charge on any atom is -0.487 e.